The first-order chi connectivity index (χ1) is 11.1. The third-order valence-electron chi connectivity index (χ3n) is 3.32. The number of hydrogen-bond acceptors (Lipinski definition) is 4. The number of thioether (sulfide) groups is 1. The van der Waals surface area contributed by atoms with Crippen LogP contribution in [0.2, 0.25) is 0 Å². The number of fused-ring (bicyclic) bond motifs is 1. The molecular formula is C16H15BrN4OS. The van der Waals surface area contributed by atoms with E-state index in [0.29, 0.717) is 12.3 Å². The summed E-state index contributed by atoms with van der Waals surface area (Å²) in [4.78, 5) is 13.1. The number of aryl methyl sites for hydroxylation is 1. The van der Waals surface area contributed by atoms with Crippen LogP contribution >= 0.6 is 27.7 Å². The van der Waals surface area contributed by atoms with E-state index in [0.717, 1.165) is 26.4 Å². The van der Waals surface area contributed by atoms with E-state index >= 15 is 0 Å². The number of nitrogens with one attached hydrogen (secondary N) is 1. The minimum atomic E-state index is -0.0231. The molecule has 1 amide bonds. The maximum absolute atomic E-state index is 12.0. The third kappa shape index (κ3) is 3.92. The smallest absolute Gasteiger partial charge is 0.230 e. The summed E-state index contributed by atoms with van der Waals surface area (Å²) in [7, 11) is 0. The lowest BCUT2D eigenvalue weighted by atomic mass is 10.2. The van der Waals surface area contributed by atoms with Crippen molar-refractivity contribution in [1.29, 1.82) is 0 Å². The molecule has 2 heterocycles. The number of rotatable bonds is 5. The van der Waals surface area contributed by atoms with Crippen LogP contribution in [0.15, 0.2) is 52.0 Å². The van der Waals surface area contributed by atoms with Crippen molar-refractivity contribution in [2.45, 2.75) is 18.4 Å². The number of benzene rings is 1. The Labute approximate surface area is 146 Å². The van der Waals surface area contributed by atoms with Gasteiger partial charge in [0.15, 0.2) is 11.5 Å². The van der Waals surface area contributed by atoms with Crippen LogP contribution in [0.3, 0.4) is 0 Å². The molecule has 0 bridgehead atoms. The zero-order valence-corrected chi connectivity index (χ0v) is 14.9. The summed E-state index contributed by atoms with van der Waals surface area (Å²) in [6, 6.07) is 11.7. The maximum Gasteiger partial charge on any atom is 0.230 e. The van der Waals surface area contributed by atoms with Gasteiger partial charge in [0.05, 0.1) is 12.3 Å². The standard InChI is InChI=1S/C16H15BrN4OS/c1-11-8-12(17)5-6-13(11)23-10-16(22)18-9-15-20-19-14-4-2-3-7-21(14)15/h2-8H,9-10H2,1H3,(H,18,22). The van der Waals surface area contributed by atoms with Crippen LogP contribution < -0.4 is 5.32 Å². The zero-order chi connectivity index (χ0) is 16.2. The number of aromatic nitrogens is 3. The van der Waals surface area contributed by atoms with Crippen LogP contribution in [0.5, 0.6) is 0 Å². The summed E-state index contributed by atoms with van der Waals surface area (Å²) >= 11 is 4.97. The van der Waals surface area contributed by atoms with Crippen molar-refractivity contribution < 1.29 is 4.79 Å². The number of hydrogen-bond donors (Lipinski definition) is 1. The van der Waals surface area contributed by atoms with Crippen LogP contribution in [0, 0.1) is 6.92 Å². The Hall–Kier alpha value is -1.86. The Kier molecular flexibility index (Phi) is 4.97. The van der Waals surface area contributed by atoms with Crippen molar-refractivity contribution in [3.63, 3.8) is 0 Å². The minimum absolute atomic E-state index is 0.0231. The topological polar surface area (TPSA) is 59.3 Å². The molecule has 0 aliphatic heterocycles. The maximum atomic E-state index is 12.0. The molecule has 1 aromatic carbocycles. The van der Waals surface area contributed by atoms with E-state index in [9.17, 15) is 4.79 Å². The first-order valence-electron chi connectivity index (χ1n) is 7.08. The van der Waals surface area contributed by atoms with Crippen molar-refractivity contribution in [3.05, 3.63) is 58.5 Å². The Bertz CT molecular complexity index is 849. The number of carbonyl (C=O) groups is 1. The zero-order valence-electron chi connectivity index (χ0n) is 12.5. The summed E-state index contributed by atoms with van der Waals surface area (Å²) in [5, 5.41) is 11.0. The monoisotopic (exact) mass is 390 g/mol. The largest absolute Gasteiger partial charge is 0.348 e. The molecule has 5 nitrogen and oxygen atoms in total. The van der Waals surface area contributed by atoms with Gasteiger partial charge in [-0.1, -0.05) is 22.0 Å². The summed E-state index contributed by atoms with van der Waals surface area (Å²) in [5.74, 6) is 1.07. The highest BCUT2D eigenvalue weighted by Crippen LogP contribution is 2.25. The summed E-state index contributed by atoms with van der Waals surface area (Å²) < 4.78 is 2.91. The molecular weight excluding hydrogens is 376 g/mol. The number of halogens is 1. The highest BCUT2D eigenvalue weighted by Gasteiger charge is 2.08. The van der Waals surface area contributed by atoms with Gasteiger partial charge in [0, 0.05) is 15.6 Å². The second kappa shape index (κ2) is 7.14. The predicted molar refractivity (Wildman–Crippen MR) is 94.4 cm³/mol. The van der Waals surface area contributed by atoms with Crippen LogP contribution in [0.1, 0.15) is 11.4 Å². The highest BCUT2D eigenvalue weighted by molar-refractivity contribution is 9.10. The lowest BCUT2D eigenvalue weighted by Gasteiger charge is -2.07. The van der Waals surface area contributed by atoms with Crippen molar-refractivity contribution in [2.24, 2.45) is 0 Å². The number of nitrogens with zero attached hydrogens (tertiary/aromatic N) is 3. The second-order valence-corrected chi connectivity index (χ2v) is 6.95. The van der Waals surface area contributed by atoms with Crippen molar-refractivity contribution in [2.75, 3.05) is 5.75 Å². The van der Waals surface area contributed by atoms with Gasteiger partial charge in [0.2, 0.25) is 5.91 Å². The first-order valence-corrected chi connectivity index (χ1v) is 8.85. The van der Waals surface area contributed by atoms with Gasteiger partial charge in [0.1, 0.15) is 0 Å². The van der Waals surface area contributed by atoms with E-state index in [-0.39, 0.29) is 5.91 Å². The molecule has 0 atom stereocenters. The van der Waals surface area contributed by atoms with Crippen molar-refractivity contribution in [3.8, 4) is 0 Å². The van der Waals surface area contributed by atoms with Gasteiger partial charge in [-0.05, 0) is 42.8 Å². The molecule has 0 saturated heterocycles. The van der Waals surface area contributed by atoms with E-state index in [1.165, 1.54) is 11.8 Å². The molecule has 2 aromatic heterocycles. The fourth-order valence-corrected chi connectivity index (χ4v) is 3.47. The summed E-state index contributed by atoms with van der Waals surface area (Å²) in [6.07, 6.45) is 1.89. The van der Waals surface area contributed by atoms with Gasteiger partial charge >= 0.3 is 0 Å². The Balaban J connectivity index is 1.55. The number of pyridine rings is 1. The van der Waals surface area contributed by atoms with Gasteiger partial charge in [0.25, 0.3) is 0 Å². The van der Waals surface area contributed by atoms with E-state index in [2.05, 4.69) is 31.4 Å². The molecule has 3 rings (SSSR count). The molecule has 7 heteroatoms. The predicted octanol–water partition coefficient (Wildman–Crippen LogP) is 3.21. The SMILES string of the molecule is Cc1cc(Br)ccc1SCC(=O)NCc1nnc2ccccn12. The average Bonchev–Trinajstić information content (AvgIpc) is 2.95. The molecule has 0 radical (unpaired) electrons. The molecule has 118 valence electrons. The lowest BCUT2D eigenvalue weighted by molar-refractivity contribution is -0.118. The molecule has 0 unspecified atom stereocenters. The first kappa shape index (κ1) is 16.0. The highest BCUT2D eigenvalue weighted by atomic mass is 79.9. The van der Waals surface area contributed by atoms with Crippen LogP contribution in [0.25, 0.3) is 5.65 Å². The molecule has 0 aliphatic rings. The molecule has 0 aliphatic carbocycles. The lowest BCUT2D eigenvalue weighted by Crippen LogP contribution is -2.25. The van der Waals surface area contributed by atoms with Crippen molar-refractivity contribution >= 4 is 39.2 Å². The molecule has 0 fully saturated rings. The minimum Gasteiger partial charge on any atom is -0.348 e. The van der Waals surface area contributed by atoms with E-state index < -0.39 is 0 Å². The molecule has 1 N–H and O–H groups in total. The van der Waals surface area contributed by atoms with Crippen molar-refractivity contribution in [1.82, 2.24) is 19.9 Å². The Morgan fingerprint density at radius 2 is 2.17 bits per heavy atom. The summed E-state index contributed by atoms with van der Waals surface area (Å²) in [5.41, 5.74) is 1.93. The third-order valence-corrected chi connectivity index (χ3v) is 4.99. The van der Waals surface area contributed by atoms with Gasteiger partial charge in [-0.25, -0.2) is 0 Å². The average molecular weight is 391 g/mol. The van der Waals surface area contributed by atoms with E-state index in [1.807, 2.05) is 53.9 Å². The van der Waals surface area contributed by atoms with Crippen LogP contribution in [-0.2, 0) is 11.3 Å². The fourth-order valence-electron chi connectivity index (χ4n) is 2.16. The molecule has 0 saturated carbocycles. The fraction of sp³-hybridized carbons (Fsp3) is 0.188. The normalized spacial score (nSPS) is 10.9. The van der Waals surface area contributed by atoms with Gasteiger partial charge < -0.3 is 5.32 Å². The quantitative estimate of drug-likeness (QED) is 0.679. The Morgan fingerprint density at radius 3 is 3.00 bits per heavy atom. The van der Waals surface area contributed by atoms with Gasteiger partial charge in [-0.15, -0.1) is 22.0 Å². The van der Waals surface area contributed by atoms with E-state index in [4.69, 9.17) is 0 Å². The van der Waals surface area contributed by atoms with Crippen LogP contribution in [0.4, 0.5) is 0 Å². The van der Waals surface area contributed by atoms with E-state index in [1.54, 1.807) is 0 Å². The molecule has 23 heavy (non-hydrogen) atoms. The molecule has 0 spiro atoms. The molecule has 3 aromatic rings. The second-order valence-electron chi connectivity index (χ2n) is 5.02. The van der Waals surface area contributed by atoms with Gasteiger partial charge in [-0.2, -0.15) is 0 Å². The van der Waals surface area contributed by atoms with Gasteiger partial charge in [-0.3, -0.25) is 9.20 Å². The van der Waals surface area contributed by atoms with Crippen LogP contribution in [-0.4, -0.2) is 26.3 Å². The number of amides is 1. The Morgan fingerprint density at radius 1 is 1.30 bits per heavy atom. The number of carbonyl (C=O) groups excluding carboxylic acids is 1. The summed E-state index contributed by atoms with van der Waals surface area (Å²) in [6.45, 7) is 2.40.